The number of amides is 1. The summed E-state index contributed by atoms with van der Waals surface area (Å²) < 4.78 is 8.40. The summed E-state index contributed by atoms with van der Waals surface area (Å²) in [5.41, 5.74) is 5.86. The molecule has 1 saturated heterocycles. The van der Waals surface area contributed by atoms with Gasteiger partial charge in [0.25, 0.3) is 5.91 Å². The maximum atomic E-state index is 12.8. The lowest BCUT2D eigenvalue weighted by atomic mass is 10.1. The van der Waals surface area contributed by atoms with Crippen LogP contribution in [-0.2, 0) is 11.4 Å². The minimum Gasteiger partial charge on any atom is -0.489 e. The van der Waals surface area contributed by atoms with Gasteiger partial charge in [0.15, 0.2) is 0 Å². The largest absolute Gasteiger partial charge is 0.489 e. The van der Waals surface area contributed by atoms with Gasteiger partial charge in [-0.05, 0) is 61.9 Å². The van der Waals surface area contributed by atoms with Gasteiger partial charge in [-0.3, -0.25) is 9.69 Å². The summed E-state index contributed by atoms with van der Waals surface area (Å²) in [5, 5.41) is 4.87. The number of carbonyl (C=O) groups is 1. The van der Waals surface area contributed by atoms with E-state index < -0.39 is 0 Å². The minimum absolute atomic E-state index is 0.0641. The van der Waals surface area contributed by atoms with Crippen molar-refractivity contribution in [2.24, 2.45) is 0 Å². The van der Waals surface area contributed by atoms with Gasteiger partial charge in [-0.2, -0.15) is 5.10 Å². The lowest BCUT2D eigenvalue weighted by Crippen LogP contribution is -2.27. The Labute approximate surface area is 220 Å². The third-order valence-corrected chi connectivity index (χ3v) is 7.27. The van der Waals surface area contributed by atoms with Crippen LogP contribution in [-0.4, -0.2) is 31.5 Å². The second kappa shape index (κ2) is 10.5. The molecule has 36 heavy (non-hydrogen) atoms. The lowest BCUT2D eigenvalue weighted by molar-refractivity contribution is -0.121. The lowest BCUT2D eigenvalue weighted by Gasteiger charge is -2.09. The zero-order valence-electron chi connectivity index (χ0n) is 20.0. The molecule has 4 aromatic rings. The van der Waals surface area contributed by atoms with Crippen molar-refractivity contribution in [1.82, 2.24) is 14.7 Å². The van der Waals surface area contributed by atoms with Crippen molar-refractivity contribution in [3.8, 4) is 22.7 Å². The fourth-order valence-corrected chi connectivity index (χ4v) is 5.28. The van der Waals surface area contributed by atoms with E-state index >= 15 is 0 Å². The molecule has 1 aliphatic rings. The first-order chi connectivity index (χ1) is 17.5. The Bertz CT molecular complexity index is 1430. The summed E-state index contributed by atoms with van der Waals surface area (Å²) in [7, 11) is 0. The molecule has 0 radical (unpaired) electrons. The highest BCUT2D eigenvalue weighted by molar-refractivity contribution is 8.26. The number of ether oxygens (including phenoxy) is 1. The first kappa shape index (κ1) is 24.0. The highest BCUT2D eigenvalue weighted by Gasteiger charge is 2.31. The molecule has 0 bridgehead atoms. The second-order valence-electron chi connectivity index (χ2n) is 8.44. The fraction of sp³-hybridized carbons (Fsp3) is 0.138. The quantitative estimate of drug-likeness (QED) is 0.205. The number of hydrogen-bond acceptors (Lipinski definition) is 5. The van der Waals surface area contributed by atoms with Gasteiger partial charge in [-0.15, -0.1) is 0 Å². The van der Waals surface area contributed by atoms with Crippen LogP contribution >= 0.6 is 24.0 Å². The van der Waals surface area contributed by atoms with Gasteiger partial charge < -0.3 is 4.74 Å². The van der Waals surface area contributed by atoms with E-state index in [4.69, 9.17) is 22.1 Å². The van der Waals surface area contributed by atoms with Crippen molar-refractivity contribution in [1.29, 1.82) is 0 Å². The van der Waals surface area contributed by atoms with E-state index in [9.17, 15) is 4.79 Å². The number of benzene rings is 3. The van der Waals surface area contributed by atoms with Crippen molar-refractivity contribution in [3.05, 3.63) is 107 Å². The normalized spacial score (nSPS) is 14.6. The first-order valence-corrected chi connectivity index (χ1v) is 12.9. The topological polar surface area (TPSA) is 47.4 Å². The predicted octanol–water partition coefficient (Wildman–Crippen LogP) is 6.65. The Morgan fingerprint density at radius 3 is 2.39 bits per heavy atom. The predicted molar refractivity (Wildman–Crippen MR) is 150 cm³/mol. The van der Waals surface area contributed by atoms with Crippen LogP contribution in [0.2, 0.25) is 0 Å². The van der Waals surface area contributed by atoms with Crippen molar-refractivity contribution in [2.45, 2.75) is 20.5 Å². The van der Waals surface area contributed by atoms with Gasteiger partial charge >= 0.3 is 0 Å². The van der Waals surface area contributed by atoms with E-state index in [1.165, 1.54) is 17.3 Å². The number of aryl methyl sites for hydroxylation is 1. The maximum Gasteiger partial charge on any atom is 0.266 e. The Balaban J connectivity index is 1.45. The molecule has 7 heteroatoms. The third kappa shape index (κ3) is 5.12. The SMILES string of the molecule is CCN1C(=O)C(=Cc2cn(-c3ccccc3)nc2-c2ccc(OCc3ccc(C)cc3)cc2)SC1=S. The van der Waals surface area contributed by atoms with Crippen molar-refractivity contribution in [3.63, 3.8) is 0 Å². The van der Waals surface area contributed by atoms with Crippen LogP contribution in [0.15, 0.2) is 90.0 Å². The van der Waals surface area contributed by atoms with Gasteiger partial charge in [-0.25, -0.2) is 4.68 Å². The molecule has 0 unspecified atom stereocenters. The molecule has 0 spiro atoms. The molecule has 1 aliphatic heterocycles. The van der Waals surface area contributed by atoms with Crippen LogP contribution in [0.4, 0.5) is 0 Å². The summed E-state index contributed by atoms with van der Waals surface area (Å²) in [5.74, 6) is 0.720. The van der Waals surface area contributed by atoms with E-state index in [1.54, 1.807) is 4.90 Å². The smallest absolute Gasteiger partial charge is 0.266 e. The van der Waals surface area contributed by atoms with Gasteiger partial charge in [0, 0.05) is 23.9 Å². The Morgan fingerprint density at radius 1 is 1.00 bits per heavy atom. The number of thiocarbonyl (C=S) groups is 1. The number of aromatic nitrogens is 2. The molecule has 1 aromatic heterocycles. The Kier molecular flexibility index (Phi) is 7.02. The fourth-order valence-electron chi connectivity index (χ4n) is 3.90. The zero-order valence-corrected chi connectivity index (χ0v) is 21.7. The Morgan fingerprint density at radius 2 is 1.72 bits per heavy atom. The highest BCUT2D eigenvalue weighted by Crippen LogP contribution is 2.35. The Hall–Kier alpha value is -3.68. The number of rotatable bonds is 7. The maximum absolute atomic E-state index is 12.8. The third-order valence-electron chi connectivity index (χ3n) is 5.89. The van der Waals surface area contributed by atoms with Crippen LogP contribution in [0, 0.1) is 6.92 Å². The molecule has 1 fully saturated rings. The average molecular weight is 512 g/mol. The molecule has 180 valence electrons. The number of thioether (sulfide) groups is 1. The molecular weight excluding hydrogens is 486 g/mol. The molecule has 0 atom stereocenters. The van der Waals surface area contributed by atoms with E-state index in [0.29, 0.717) is 22.4 Å². The van der Waals surface area contributed by atoms with Crippen LogP contribution in [0.25, 0.3) is 23.0 Å². The summed E-state index contributed by atoms with van der Waals surface area (Å²) in [6.45, 7) is 5.06. The summed E-state index contributed by atoms with van der Waals surface area (Å²) in [6, 6.07) is 26.1. The van der Waals surface area contributed by atoms with Crippen molar-refractivity contribution < 1.29 is 9.53 Å². The number of likely N-dealkylation sites (N-methyl/N-ethyl adjacent to an activating group) is 1. The van der Waals surface area contributed by atoms with Gasteiger partial charge in [0.2, 0.25) is 0 Å². The van der Waals surface area contributed by atoms with Crippen LogP contribution < -0.4 is 4.74 Å². The molecule has 0 N–H and O–H groups in total. The summed E-state index contributed by atoms with van der Waals surface area (Å²) in [4.78, 5) is 15.1. The second-order valence-corrected chi connectivity index (χ2v) is 10.1. The van der Waals surface area contributed by atoms with Gasteiger partial charge in [-0.1, -0.05) is 72.0 Å². The number of nitrogens with zero attached hydrogens (tertiary/aromatic N) is 3. The molecule has 0 aliphatic carbocycles. The molecule has 1 amide bonds. The highest BCUT2D eigenvalue weighted by atomic mass is 32.2. The molecule has 0 saturated carbocycles. The molecule has 3 aromatic carbocycles. The molecule has 5 rings (SSSR count). The van der Waals surface area contributed by atoms with E-state index in [2.05, 4.69) is 31.2 Å². The van der Waals surface area contributed by atoms with Crippen LogP contribution in [0.3, 0.4) is 0 Å². The van der Waals surface area contributed by atoms with Gasteiger partial charge in [0.05, 0.1) is 16.3 Å². The monoisotopic (exact) mass is 511 g/mol. The van der Waals surface area contributed by atoms with Crippen LogP contribution in [0.5, 0.6) is 5.75 Å². The first-order valence-electron chi connectivity index (χ1n) is 11.7. The van der Waals surface area contributed by atoms with Crippen molar-refractivity contribution >= 4 is 40.3 Å². The number of para-hydroxylation sites is 1. The summed E-state index contributed by atoms with van der Waals surface area (Å²) >= 11 is 6.72. The number of carbonyl (C=O) groups excluding carboxylic acids is 1. The van der Waals surface area contributed by atoms with Crippen molar-refractivity contribution in [2.75, 3.05) is 6.54 Å². The van der Waals surface area contributed by atoms with Crippen LogP contribution in [0.1, 0.15) is 23.6 Å². The standard InChI is InChI=1S/C29H25N3O2S2/c1-3-31-28(33)26(36-29(31)35)17-23-18-32(24-7-5-4-6-8-24)30-27(23)22-13-15-25(16-14-22)34-19-21-11-9-20(2)10-12-21/h4-18H,3,19H2,1-2H3. The summed E-state index contributed by atoms with van der Waals surface area (Å²) in [6.07, 6.45) is 3.84. The van der Waals surface area contributed by atoms with E-state index in [-0.39, 0.29) is 5.91 Å². The molecular formula is C29H25N3O2S2. The zero-order chi connectivity index (χ0) is 25.1. The van der Waals surface area contributed by atoms with E-state index in [1.807, 2.05) is 78.5 Å². The molecule has 5 nitrogen and oxygen atoms in total. The number of hydrogen-bond donors (Lipinski definition) is 0. The van der Waals surface area contributed by atoms with E-state index in [0.717, 1.165) is 33.8 Å². The minimum atomic E-state index is -0.0641. The molecule has 2 heterocycles. The average Bonchev–Trinajstić information content (AvgIpc) is 3.44. The van der Waals surface area contributed by atoms with Gasteiger partial charge in [0.1, 0.15) is 16.7 Å².